The van der Waals surface area contributed by atoms with Crippen LogP contribution in [0.4, 0.5) is 5.69 Å². The summed E-state index contributed by atoms with van der Waals surface area (Å²) in [5.41, 5.74) is 0.519. The van der Waals surface area contributed by atoms with Crippen LogP contribution in [0.2, 0.25) is 0 Å². The number of sulfonamides is 1. The van der Waals surface area contributed by atoms with Crippen LogP contribution in [-0.4, -0.2) is 34.4 Å². The first-order valence-corrected chi connectivity index (χ1v) is 8.99. The second kappa shape index (κ2) is 6.78. The van der Waals surface area contributed by atoms with Crippen molar-refractivity contribution in [2.45, 2.75) is 12.8 Å². The Balaban J connectivity index is 2.05. The topological polar surface area (TPSA) is 67.4 Å². The molecule has 112 valence electrons. The van der Waals surface area contributed by atoms with Crippen LogP contribution in [0.25, 0.3) is 0 Å². The van der Waals surface area contributed by atoms with Gasteiger partial charge in [0, 0.05) is 10.5 Å². The quantitative estimate of drug-likeness (QED) is 0.842. The molecule has 0 aliphatic carbocycles. The van der Waals surface area contributed by atoms with Crippen LogP contribution in [0.3, 0.4) is 0 Å². The van der Waals surface area contributed by atoms with E-state index in [1.54, 1.807) is 25.3 Å². The number of benzene rings is 1. The number of anilines is 1. The van der Waals surface area contributed by atoms with Crippen molar-refractivity contribution in [2.75, 3.05) is 30.7 Å². The lowest BCUT2D eigenvalue weighted by molar-refractivity contribution is 0.402. The fourth-order valence-electron chi connectivity index (χ4n) is 2.32. The van der Waals surface area contributed by atoms with E-state index in [1.807, 2.05) is 0 Å². The standard InChI is InChI=1S/C13H19BrN2O3S/c1-19-13-7-11(14)6-12(8-13)16-20(17,18)9-10-2-4-15-5-3-10/h6-8,10,15-16H,2-5,9H2,1H3. The molecule has 0 aromatic heterocycles. The monoisotopic (exact) mass is 362 g/mol. The Hall–Kier alpha value is -0.790. The zero-order valence-corrected chi connectivity index (χ0v) is 13.8. The SMILES string of the molecule is COc1cc(Br)cc(NS(=O)(=O)CC2CCNCC2)c1. The number of halogens is 1. The zero-order chi connectivity index (χ0) is 14.6. The third-order valence-electron chi connectivity index (χ3n) is 3.29. The molecule has 1 aliphatic heterocycles. The predicted molar refractivity (Wildman–Crippen MR) is 83.7 cm³/mol. The summed E-state index contributed by atoms with van der Waals surface area (Å²) in [5, 5.41) is 3.23. The summed E-state index contributed by atoms with van der Waals surface area (Å²) in [6, 6.07) is 5.18. The van der Waals surface area contributed by atoms with Crippen molar-refractivity contribution in [3.05, 3.63) is 22.7 Å². The molecule has 5 nitrogen and oxygen atoms in total. The predicted octanol–water partition coefficient (Wildman–Crippen LogP) is 2.20. The van der Waals surface area contributed by atoms with E-state index < -0.39 is 10.0 Å². The van der Waals surface area contributed by atoms with E-state index >= 15 is 0 Å². The molecule has 1 saturated heterocycles. The molecule has 0 amide bonds. The molecule has 20 heavy (non-hydrogen) atoms. The largest absolute Gasteiger partial charge is 0.497 e. The molecule has 1 fully saturated rings. The normalized spacial score (nSPS) is 16.9. The highest BCUT2D eigenvalue weighted by atomic mass is 79.9. The highest BCUT2D eigenvalue weighted by molar-refractivity contribution is 9.10. The Morgan fingerprint density at radius 2 is 2.05 bits per heavy atom. The molecule has 2 rings (SSSR count). The lowest BCUT2D eigenvalue weighted by Gasteiger charge is -2.22. The third kappa shape index (κ3) is 4.64. The third-order valence-corrected chi connectivity index (χ3v) is 5.21. The molecule has 0 bridgehead atoms. The van der Waals surface area contributed by atoms with Crippen LogP contribution in [0, 0.1) is 5.92 Å². The Morgan fingerprint density at radius 3 is 2.70 bits per heavy atom. The summed E-state index contributed by atoms with van der Waals surface area (Å²) >= 11 is 3.34. The maximum Gasteiger partial charge on any atom is 0.232 e. The van der Waals surface area contributed by atoms with Crippen LogP contribution < -0.4 is 14.8 Å². The van der Waals surface area contributed by atoms with Gasteiger partial charge in [-0.3, -0.25) is 4.72 Å². The molecular formula is C13H19BrN2O3S. The van der Waals surface area contributed by atoms with Crippen LogP contribution >= 0.6 is 15.9 Å². The van der Waals surface area contributed by atoms with Gasteiger partial charge < -0.3 is 10.1 Å². The fourth-order valence-corrected chi connectivity index (χ4v) is 4.31. The molecule has 0 spiro atoms. The van der Waals surface area contributed by atoms with Crippen molar-refractivity contribution in [2.24, 2.45) is 5.92 Å². The van der Waals surface area contributed by atoms with Gasteiger partial charge in [-0.25, -0.2) is 8.42 Å². The van der Waals surface area contributed by atoms with Gasteiger partial charge in [0.25, 0.3) is 0 Å². The molecule has 0 radical (unpaired) electrons. The summed E-state index contributed by atoms with van der Waals surface area (Å²) in [5.74, 6) is 1.01. The molecule has 1 aromatic rings. The lowest BCUT2D eigenvalue weighted by Crippen LogP contribution is -2.33. The van der Waals surface area contributed by atoms with Crippen molar-refractivity contribution < 1.29 is 13.2 Å². The van der Waals surface area contributed by atoms with Gasteiger partial charge in [0.1, 0.15) is 5.75 Å². The van der Waals surface area contributed by atoms with Gasteiger partial charge in [-0.1, -0.05) is 15.9 Å². The number of hydrogen-bond acceptors (Lipinski definition) is 4. The maximum atomic E-state index is 12.2. The van der Waals surface area contributed by atoms with Crippen molar-refractivity contribution in [3.63, 3.8) is 0 Å². The first kappa shape index (κ1) is 15.6. The molecule has 0 unspecified atom stereocenters. The number of piperidine rings is 1. The lowest BCUT2D eigenvalue weighted by atomic mass is 10.0. The summed E-state index contributed by atoms with van der Waals surface area (Å²) < 4.78 is 32.9. The first-order valence-electron chi connectivity index (χ1n) is 6.54. The minimum atomic E-state index is -3.33. The van der Waals surface area contributed by atoms with Crippen LogP contribution in [0.5, 0.6) is 5.75 Å². The van der Waals surface area contributed by atoms with E-state index in [-0.39, 0.29) is 11.7 Å². The van der Waals surface area contributed by atoms with Crippen LogP contribution in [0.15, 0.2) is 22.7 Å². The van der Waals surface area contributed by atoms with Gasteiger partial charge in [-0.15, -0.1) is 0 Å². The Morgan fingerprint density at radius 1 is 1.35 bits per heavy atom. The minimum Gasteiger partial charge on any atom is -0.497 e. The molecule has 0 atom stereocenters. The van der Waals surface area contributed by atoms with E-state index in [0.717, 1.165) is 30.4 Å². The average Bonchev–Trinajstić information content (AvgIpc) is 2.37. The van der Waals surface area contributed by atoms with Crippen molar-refractivity contribution in [1.29, 1.82) is 0 Å². The van der Waals surface area contributed by atoms with E-state index in [1.165, 1.54) is 0 Å². The van der Waals surface area contributed by atoms with E-state index in [4.69, 9.17) is 4.74 Å². The summed E-state index contributed by atoms with van der Waals surface area (Å²) in [4.78, 5) is 0. The maximum absolute atomic E-state index is 12.2. The second-order valence-corrected chi connectivity index (χ2v) is 7.64. The number of ether oxygens (including phenoxy) is 1. The van der Waals surface area contributed by atoms with Gasteiger partial charge >= 0.3 is 0 Å². The first-order chi connectivity index (χ1) is 9.48. The molecule has 7 heteroatoms. The number of methoxy groups -OCH3 is 1. The second-order valence-electron chi connectivity index (χ2n) is 4.96. The molecular weight excluding hydrogens is 344 g/mol. The van der Waals surface area contributed by atoms with Gasteiger partial charge in [-0.2, -0.15) is 0 Å². The molecule has 2 N–H and O–H groups in total. The van der Waals surface area contributed by atoms with E-state index in [9.17, 15) is 8.42 Å². The average molecular weight is 363 g/mol. The Bertz CT molecular complexity index is 557. The Labute approximate surface area is 128 Å². The molecule has 1 aliphatic rings. The zero-order valence-electron chi connectivity index (χ0n) is 11.4. The van der Waals surface area contributed by atoms with Crippen LogP contribution in [-0.2, 0) is 10.0 Å². The van der Waals surface area contributed by atoms with E-state index in [2.05, 4.69) is 26.0 Å². The number of nitrogens with one attached hydrogen (secondary N) is 2. The van der Waals surface area contributed by atoms with Gasteiger partial charge in [-0.05, 0) is 44.0 Å². The molecule has 1 aromatic carbocycles. The van der Waals surface area contributed by atoms with Crippen LogP contribution in [0.1, 0.15) is 12.8 Å². The summed E-state index contributed by atoms with van der Waals surface area (Å²) in [6.45, 7) is 1.79. The Kier molecular flexibility index (Phi) is 5.29. The smallest absolute Gasteiger partial charge is 0.232 e. The number of rotatable bonds is 5. The fraction of sp³-hybridized carbons (Fsp3) is 0.538. The van der Waals surface area contributed by atoms with Gasteiger partial charge in [0.15, 0.2) is 0 Å². The highest BCUT2D eigenvalue weighted by Crippen LogP contribution is 2.26. The van der Waals surface area contributed by atoms with Gasteiger partial charge in [0.2, 0.25) is 10.0 Å². The van der Waals surface area contributed by atoms with Crippen molar-refractivity contribution in [1.82, 2.24) is 5.32 Å². The van der Waals surface area contributed by atoms with Crippen molar-refractivity contribution in [3.8, 4) is 5.75 Å². The molecule has 1 heterocycles. The van der Waals surface area contributed by atoms with Crippen molar-refractivity contribution >= 4 is 31.6 Å². The van der Waals surface area contributed by atoms with E-state index in [0.29, 0.717) is 11.4 Å². The minimum absolute atomic E-state index is 0.170. The highest BCUT2D eigenvalue weighted by Gasteiger charge is 2.21. The summed E-state index contributed by atoms with van der Waals surface area (Å²) in [7, 11) is -1.78. The molecule has 0 saturated carbocycles. The van der Waals surface area contributed by atoms with Gasteiger partial charge in [0.05, 0.1) is 18.6 Å². The summed E-state index contributed by atoms with van der Waals surface area (Å²) in [6.07, 6.45) is 1.81. The number of hydrogen-bond donors (Lipinski definition) is 2.